The topological polar surface area (TPSA) is 49.9 Å². The number of piperidine rings is 1. The minimum Gasteiger partial charge on any atom is -0.444 e. The van der Waals surface area contributed by atoms with Gasteiger partial charge in [-0.15, -0.1) is 0 Å². The number of benzene rings is 1. The fourth-order valence-corrected chi connectivity index (χ4v) is 2.97. The lowest BCUT2D eigenvalue weighted by Gasteiger charge is -2.38. The number of ether oxygens (including phenoxy) is 1. The van der Waals surface area contributed by atoms with Crippen molar-refractivity contribution in [2.24, 2.45) is 0 Å². The van der Waals surface area contributed by atoms with Crippen LogP contribution in [0.5, 0.6) is 0 Å². The van der Waals surface area contributed by atoms with Crippen molar-refractivity contribution in [1.82, 2.24) is 9.80 Å². The average Bonchev–Trinajstić information content (AvgIpc) is 2.58. The van der Waals surface area contributed by atoms with Gasteiger partial charge in [-0.2, -0.15) is 0 Å². The molecule has 0 atom stereocenters. The van der Waals surface area contributed by atoms with Gasteiger partial charge in [-0.25, -0.2) is 4.79 Å². The van der Waals surface area contributed by atoms with Gasteiger partial charge in [0.05, 0.1) is 0 Å². The highest BCUT2D eigenvalue weighted by Gasteiger charge is 2.30. The second-order valence-electron chi connectivity index (χ2n) is 7.35. The van der Waals surface area contributed by atoms with Crippen LogP contribution in [0.25, 0.3) is 0 Å². The second kappa shape index (κ2) is 8.19. The molecular formula is C20H28N2O3. The molecule has 2 rings (SSSR count). The summed E-state index contributed by atoms with van der Waals surface area (Å²) >= 11 is 0. The van der Waals surface area contributed by atoms with Crippen LogP contribution in [0.1, 0.15) is 39.2 Å². The molecule has 1 fully saturated rings. The van der Waals surface area contributed by atoms with E-state index in [-0.39, 0.29) is 18.0 Å². The molecule has 0 N–H and O–H groups in total. The van der Waals surface area contributed by atoms with Gasteiger partial charge in [0.1, 0.15) is 5.60 Å². The van der Waals surface area contributed by atoms with E-state index in [0.717, 1.165) is 18.4 Å². The third-order valence-electron chi connectivity index (χ3n) is 4.21. The van der Waals surface area contributed by atoms with Crippen molar-refractivity contribution < 1.29 is 14.3 Å². The largest absolute Gasteiger partial charge is 0.444 e. The summed E-state index contributed by atoms with van der Waals surface area (Å²) in [7, 11) is 0. The van der Waals surface area contributed by atoms with Gasteiger partial charge in [0.25, 0.3) is 0 Å². The monoisotopic (exact) mass is 344 g/mol. The van der Waals surface area contributed by atoms with E-state index in [9.17, 15) is 9.59 Å². The summed E-state index contributed by atoms with van der Waals surface area (Å²) < 4.78 is 5.43. The predicted octanol–water partition coefficient (Wildman–Crippen LogP) is 3.60. The molecule has 5 nitrogen and oxygen atoms in total. The van der Waals surface area contributed by atoms with E-state index in [4.69, 9.17) is 4.74 Å². The molecule has 2 amide bonds. The molecule has 1 aromatic rings. The van der Waals surface area contributed by atoms with Crippen LogP contribution in [0.15, 0.2) is 43.0 Å². The number of amides is 2. The Kier molecular flexibility index (Phi) is 6.23. The van der Waals surface area contributed by atoms with E-state index in [1.807, 2.05) is 56.0 Å². The molecule has 1 aromatic carbocycles. The molecule has 5 heteroatoms. The third-order valence-corrected chi connectivity index (χ3v) is 4.21. The highest BCUT2D eigenvalue weighted by Crippen LogP contribution is 2.21. The van der Waals surface area contributed by atoms with Crippen molar-refractivity contribution in [2.75, 3.05) is 13.1 Å². The molecule has 0 aromatic heterocycles. The lowest BCUT2D eigenvalue weighted by atomic mass is 10.0. The number of nitrogens with zero attached hydrogens (tertiary/aromatic N) is 2. The Labute approximate surface area is 150 Å². The van der Waals surface area contributed by atoms with Gasteiger partial charge in [-0.05, 0) is 45.3 Å². The molecule has 1 aliphatic rings. The Morgan fingerprint density at radius 2 is 1.84 bits per heavy atom. The van der Waals surface area contributed by atoms with Crippen LogP contribution in [0.2, 0.25) is 0 Å². The summed E-state index contributed by atoms with van der Waals surface area (Å²) in [4.78, 5) is 28.1. The van der Waals surface area contributed by atoms with E-state index in [1.165, 1.54) is 6.08 Å². The molecule has 1 aliphatic heterocycles. The lowest BCUT2D eigenvalue weighted by Crippen LogP contribution is -2.49. The first-order chi connectivity index (χ1) is 11.8. The van der Waals surface area contributed by atoms with Gasteiger partial charge in [-0.3, -0.25) is 4.79 Å². The zero-order valence-corrected chi connectivity index (χ0v) is 15.4. The minimum atomic E-state index is -0.494. The van der Waals surface area contributed by atoms with Gasteiger partial charge in [0, 0.05) is 25.7 Å². The van der Waals surface area contributed by atoms with Crippen molar-refractivity contribution >= 4 is 12.0 Å². The fraction of sp³-hybridized carbons (Fsp3) is 0.500. The predicted molar refractivity (Wildman–Crippen MR) is 98.0 cm³/mol. The number of hydrogen-bond donors (Lipinski definition) is 0. The number of carbonyl (C=O) groups is 2. The van der Waals surface area contributed by atoms with Crippen LogP contribution in [0.4, 0.5) is 4.79 Å². The highest BCUT2D eigenvalue weighted by molar-refractivity contribution is 5.87. The SMILES string of the molecule is C=CC(=O)N(Cc1ccccc1)C1CCN(C(=O)OC(C)(C)C)CC1. The number of carbonyl (C=O) groups excluding carboxylic acids is 2. The van der Waals surface area contributed by atoms with Gasteiger partial charge in [0.15, 0.2) is 0 Å². The zero-order valence-electron chi connectivity index (χ0n) is 15.4. The van der Waals surface area contributed by atoms with E-state index >= 15 is 0 Å². The highest BCUT2D eigenvalue weighted by atomic mass is 16.6. The first kappa shape index (κ1) is 19.0. The summed E-state index contributed by atoms with van der Waals surface area (Å²) in [5.41, 5.74) is 0.596. The molecule has 136 valence electrons. The number of rotatable bonds is 4. The van der Waals surface area contributed by atoms with E-state index < -0.39 is 5.60 Å². The molecule has 1 saturated heterocycles. The first-order valence-corrected chi connectivity index (χ1v) is 8.75. The third kappa shape index (κ3) is 5.62. The Bertz CT molecular complexity index is 599. The number of hydrogen-bond acceptors (Lipinski definition) is 3. The smallest absolute Gasteiger partial charge is 0.410 e. The maximum atomic E-state index is 12.3. The summed E-state index contributed by atoms with van der Waals surface area (Å²) in [6.07, 6.45) is 2.57. The summed E-state index contributed by atoms with van der Waals surface area (Å²) in [6.45, 7) is 11.0. The van der Waals surface area contributed by atoms with Crippen molar-refractivity contribution in [3.05, 3.63) is 48.6 Å². The van der Waals surface area contributed by atoms with Crippen LogP contribution in [0, 0.1) is 0 Å². The molecule has 0 unspecified atom stereocenters. The lowest BCUT2D eigenvalue weighted by molar-refractivity contribution is -0.129. The van der Waals surface area contributed by atoms with Crippen molar-refractivity contribution in [3.8, 4) is 0 Å². The summed E-state index contributed by atoms with van der Waals surface area (Å²) in [6, 6.07) is 10.0. The molecule has 0 aliphatic carbocycles. The number of likely N-dealkylation sites (tertiary alicyclic amines) is 1. The quantitative estimate of drug-likeness (QED) is 0.784. The average molecular weight is 344 g/mol. The van der Waals surface area contributed by atoms with Crippen LogP contribution in [-0.2, 0) is 16.1 Å². The maximum absolute atomic E-state index is 12.3. The minimum absolute atomic E-state index is 0.0698. The van der Waals surface area contributed by atoms with Crippen LogP contribution >= 0.6 is 0 Å². The van der Waals surface area contributed by atoms with E-state index in [2.05, 4.69) is 6.58 Å². The van der Waals surface area contributed by atoms with Crippen molar-refractivity contribution in [3.63, 3.8) is 0 Å². The normalized spacial score (nSPS) is 15.6. The van der Waals surface area contributed by atoms with Gasteiger partial charge in [-0.1, -0.05) is 36.9 Å². The Morgan fingerprint density at radius 1 is 1.24 bits per heavy atom. The second-order valence-corrected chi connectivity index (χ2v) is 7.35. The standard InChI is InChI=1S/C20H28N2O3/c1-5-18(23)22(15-16-9-7-6-8-10-16)17-11-13-21(14-12-17)19(24)25-20(2,3)4/h5-10,17H,1,11-15H2,2-4H3. The molecule has 25 heavy (non-hydrogen) atoms. The zero-order chi connectivity index (χ0) is 18.4. The van der Waals surface area contributed by atoms with Crippen LogP contribution in [-0.4, -0.2) is 46.5 Å². The summed E-state index contributed by atoms with van der Waals surface area (Å²) in [5.74, 6) is -0.0698. The van der Waals surface area contributed by atoms with Gasteiger partial charge >= 0.3 is 6.09 Å². The summed E-state index contributed by atoms with van der Waals surface area (Å²) in [5, 5.41) is 0. The molecule has 1 heterocycles. The Hall–Kier alpha value is -2.30. The fourth-order valence-electron chi connectivity index (χ4n) is 2.97. The van der Waals surface area contributed by atoms with E-state index in [1.54, 1.807) is 4.90 Å². The molecule has 0 saturated carbocycles. The van der Waals surface area contributed by atoms with Crippen LogP contribution < -0.4 is 0 Å². The molecule has 0 spiro atoms. The molecule has 0 radical (unpaired) electrons. The molecule has 0 bridgehead atoms. The molecular weight excluding hydrogens is 316 g/mol. The maximum Gasteiger partial charge on any atom is 0.410 e. The Morgan fingerprint density at radius 3 is 2.36 bits per heavy atom. The first-order valence-electron chi connectivity index (χ1n) is 8.75. The van der Waals surface area contributed by atoms with Crippen LogP contribution in [0.3, 0.4) is 0 Å². The van der Waals surface area contributed by atoms with E-state index in [0.29, 0.717) is 19.6 Å². The van der Waals surface area contributed by atoms with Crippen molar-refractivity contribution in [2.45, 2.75) is 51.8 Å². The Balaban J connectivity index is 1.98. The van der Waals surface area contributed by atoms with Gasteiger partial charge in [0.2, 0.25) is 5.91 Å². The van der Waals surface area contributed by atoms with Crippen molar-refractivity contribution in [1.29, 1.82) is 0 Å². The van der Waals surface area contributed by atoms with Gasteiger partial charge < -0.3 is 14.5 Å².